The molecule has 0 atom stereocenters. The van der Waals surface area contributed by atoms with Gasteiger partial charge in [-0.15, -0.1) is 0 Å². The summed E-state index contributed by atoms with van der Waals surface area (Å²) in [6.07, 6.45) is 7.04. The number of aryl methyl sites for hydroxylation is 1. The highest BCUT2D eigenvalue weighted by Gasteiger charge is 2.37. The molecule has 150 valence electrons. The van der Waals surface area contributed by atoms with Gasteiger partial charge in [-0.1, -0.05) is 19.3 Å². The van der Waals surface area contributed by atoms with Crippen molar-refractivity contribution >= 4 is 16.9 Å². The predicted molar refractivity (Wildman–Crippen MR) is 111 cm³/mol. The molecule has 1 aromatic heterocycles. The average Bonchev–Trinajstić information content (AvgIpc) is 3.07. The van der Waals surface area contributed by atoms with Gasteiger partial charge in [0.2, 0.25) is 0 Å². The Hall–Kier alpha value is -1.92. The Morgan fingerprint density at radius 1 is 1.00 bits per heavy atom. The largest absolute Gasteiger partial charge is 0.342 e. The maximum absolute atomic E-state index is 12.8. The number of hydrogen-bond acceptors (Lipinski definition) is 4. The Morgan fingerprint density at radius 3 is 2.39 bits per heavy atom. The molecule has 1 saturated carbocycles. The monoisotopic (exact) mass is 381 g/mol. The van der Waals surface area contributed by atoms with E-state index in [1.165, 1.54) is 45.2 Å². The van der Waals surface area contributed by atoms with Gasteiger partial charge in [0.1, 0.15) is 5.82 Å². The molecule has 3 heterocycles. The molecule has 28 heavy (non-hydrogen) atoms. The second-order valence-corrected chi connectivity index (χ2v) is 8.78. The highest BCUT2D eigenvalue weighted by molar-refractivity contribution is 5.97. The van der Waals surface area contributed by atoms with E-state index in [4.69, 9.17) is 0 Å². The molecule has 1 aromatic carbocycles. The molecule has 0 radical (unpaired) electrons. The topological polar surface area (TPSA) is 55.5 Å². The molecular formula is C22H31N5O. The standard InChI is InChI=1S/C22H31N5O/c1-16-23-20-8-7-17(13-21(20)24-16)22(28)27-14-19(15-27)26-11-9-25(10-12-26)18-5-3-2-4-6-18/h7-8,13,18-19H,2-6,9-12,14-15H2,1H3,(H,23,24). The van der Waals surface area contributed by atoms with E-state index in [-0.39, 0.29) is 5.91 Å². The van der Waals surface area contributed by atoms with Gasteiger partial charge in [-0.05, 0) is 38.0 Å². The lowest BCUT2D eigenvalue weighted by molar-refractivity contribution is -0.00262. The third-order valence-electron chi connectivity index (χ3n) is 6.95. The number of aromatic nitrogens is 2. The van der Waals surface area contributed by atoms with E-state index in [1.807, 2.05) is 30.0 Å². The van der Waals surface area contributed by atoms with Crippen LogP contribution in [0.2, 0.25) is 0 Å². The molecule has 5 rings (SSSR count). The Morgan fingerprint density at radius 2 is 1.68 bits per heavy atom. The van der Waals surface area contributed by atoms with Gasteiger partial charge in [-0.2, -0.15) is 0 Å². The molecule has 1 aliphatic carbocycles. The van der Waals surface area contributed by atoms with E-state index in [9.17, 15) is 4.79 Å². The Bertz CT molecular complexity index is 842. The van der Waals surface area contributed by atoms with Gasteiger partial charge in [0, 0.05) is 56.9 Å². The van der Waals surface area contributed by atoms with Crippen LogP contribution in [0, 0.1) is 6.92 Å². The number of piperazine rings is 1. The van der Waals surface area contributed by atoms with E-state index in [2.05, 4.69) is 19.8 Å². The van der Waals surface area contributed by atoms with Crippen LogP contribution in [0.25, 0.3) is 11.0 Å². The summed E-state index contributed by atoms with van der Waals surface area (Å²) < 4.78 is 0. The first kappa shape index (κ1) is 18.1. The van der Waals surface area contributed by atoms with Gasteiger partial charge >= 0.3 is 0 Å². The summed E-state index contributed by atoms with van der Waals surface area (Å²) in [4.78, 5) is 27.8. The smallest absolute Gasteiger partial charge is 0.254 e. The van der Waals surface area contributed by atoms with Gasteiger partial charge in [-0.25, -0.2) is 4.98 Å². The highest BCUT2D eigenvalue weighted by atomic mass is 16.2. The van der Waals surface area contributed by atoms with Crippen LogP contribution < -0.4 is 0 Å². The molecule has 2 saturated heterocycles. The number of carbonyl (C=O) groups is 1. The van der Waals surface area contributed by atoms with Gasteiger partial charge in [0.05, 0.1) is 11.0 Å². The summed E-state index contributed by atoms with van der Waals surface area (Å²) in [5.74, 6) is 1.03. The van der Waals surface area contributed by atoms with Crippen molar-refractivity contribution in [1.82, 2.24) is 24.7 Å². The van der Waals surface area contributed by atoms with E-state index in [1.54, 1.807) is 0 Å². The summed E-state index contributed by atoms with van der Waals surface area (Å²) in [6, 6.07) is 7.15. The summed E-state index contributed by atoms with van der Waals surface area (Å²) in [6.45, 7) is 8.38. The average molecular weight is 382 g/mol. The van der Waals surface area contributed by atoms with Crippen LogP contribution in [-0.4, -0.2) is 81.9 Å². The van der Waals surface area contributed by atoms with Crippen molar-refractivity contribution in [2.75, 3.05) is 39.3 Å². The van der Waals surface area contributed by atoms with Crippen LogP contribution in [0.4, 0.5) is 0 Å². The Balaban J connectivity index is 1.13. The number of amides is 1. The molecule has 3 aliphatic rings. The lowest BCUT2D eigenvalue weighted by Crippen LogP contribution is -2.64. The number of fused-ring (bicyclic) bond motifs is 1. The minimum atomic E-state index is 0.145. The fraction of sp³-hybridized carbons (Fsp3) is 0.636. The quantitative estimate of drug-likeness (QED) is 0.888. The summed E-state index contributed by atoms with van der Waals surface area (Å²) in [5.41, 5.74) is 2.63. The molecule has 2 aromatic rings. The molecule has 6 nitrogen and oxygen atoms in total. The number of aromatic amines is 1. The van der Waals surface area contributed by atoms with Crippen molar-refractivity contribution in [1.29, 1.82) is 0 Å². The zero-order valence-electron chi connectivity index (χ0n) is 16.9. The van der Waals surface area contributed by atoms with E-state index < -0.39 is 0 Å². The molecular weight excluding hydrogens is 350 g/mol. The summed E-state index contributed by atoms with van der Waals surface area (Å²) in [5, 5.41) is 0. The molecule has 0 unspecified atom stereocenters. The highest BCUT2D eigenvalue weighted by Crippen LogP contribution is 2.25. The van der Waals surface area contributed by atoms with Gasteiger partial charge in [0.15, 0.2) is 0 Å². The third kappa shape index (κ3) is 3.44. The molecule has 1 amide bonds. The molecule has 6 heteroatoms. The Labute approximate surface area is 166 Å². The Kier molecular flexibility index (Phi) is 4.85. The maximum atomic E-state index is 12.8. The van der Waals surface area contributed by atoms with Crippen LogP contribution in [0.15, 0.2) is 18.2 Å². The number of nitrogens with one attached hydrogen (secondary N) is 1. The number of imidazole rings is 1. The van der Waals surface area contributed by atoms with Crippen molar-refractivity contribution in [3.8, 4) is 0 Å². The van der Waals surface area contributed by atoms with Gasteiger partial charge < -0.3 is 9.88 Å². The van der Waals surface area contributed by atoms with Crippen molar-refractivity contribution in [3.63, 3.8) is 0 Å². The van der Waals surface area contributed by atoms with E-state index in [0.717, 1.165) is 54.6 Å². The normalized spacial score (nSPS) is 23.2. The fourth-order valence-electron chi connectivity index (χ4n) is 5.22. The number of benzene rings is 1. The molecule has 1 N–H and O–H groups in total. The van der Waals surface area contributed by atoms with Crippen molar-refractivity contribution in [2.24, 2.45) is 0 Å². The zero-order chi connectivity index (χ0) is 19.1. The number of hydrogen-bond donors (Lipinski definition) is 1. The first-order valence-electron chi connectivity index (χ1n) is 10.9. The van der Waals surface area contributed by atoms with Crippen molar-refractivity contribution in [3.05, 3.63) is 29.6 Å². The zero-order valence-corrected chi connectivity index (χ0v) is 16.9. The van der Waals surface area contributed by atoms with Gasteiger partial charge in [-0.3, -0.25) is 14.6 Å². The van der Waals surface area contributed by atoms with Crippen molar-refractivity contribution in [2.45, 2.75) is 51.1 Å². The fourth-order valence-corrected chi connectivity index (χ4v) is 5.22. The van der Waals surface area contributed by atoms with E-state index >= 15 is 0 Å². The second-order valence-electron chi connectivity index (χ2n) is 8.78. The number of carbonyl (C=O) groups excluding carboxylic acids is 1. The van der Waals surface area contributed by atoms with E-state index in [0.29, 0.717) is 6.04 Å². The predicted octanol–water partition coefficient (Wildman–Crippen LogP) is 2.65. The summed E-state index contributed by atoms with van der Waals surface area (Å²) in [7, 11) is 0. The lowest BCUT2D eigenvalue weighted by Gasteiger charge is -2.49. The van der Waals surface area contributed by atoms with Crippen LogP contribution in [-0.2, 0) is 0 Å². The third-order valence-corrected chi connectivity index (χ3v) is 6.95. The molecule has 3 fully saturated rings. The molecule has 0 bridgehead atoms. The minimum Gasteiger partial charge on any atom is -0.342 e. The maximum Gasteiger partial charge on any atom is 0.254 e. The first-order valence-corrected chi connectivity index (χ1v) is 10.9. The number of likely N-dealkylation sites (tertiary alicyclic amines) is 1. The van der Waals surface area contributed by atoms with Crippen LogP contribution in [0.1, 0.15) is 48.3 Å². The van der Waals surface area contributed by atoms with Crippen molar-refractivity contribution < 1.29 is 4.79 Å². The van der Waals surface area contributed by atoms with Crippen LogP contribution in [0.3, 0.4) is 0 Å². The number of nitrogens with zero attached hydrogens (tertiary/aromatic N) is 4. The van der Waals surface area contributed by atoms with Crippen LogP contribution in [0.5, 0.6) is 0 Å². The molecule has 0 spiro atoms. The minimum absolute atomic E-state index is 0.145. The number of rotatable bonds is 3. The first-order chi connectivity index (χ1) is 13.7. The molecule has 2 aliphatic heterocycles. The van der Waals surface area contributed by atoms with Gasteiger partial charge in [0.25, 0.3) is 5.91 Å². The number of H-pyrrole nitrogens is 1. The summed E-state index contributed by atoms with van der Waals surface area (Å²) >= 11 is 0. The lowest BCUT2D eigenvalue weighted by atomic mass is 9.93. The van der Waals surface area contributed by atoms with Crippen LogP contribution >= 0.6 is 0 Å². The second kappa shape index (κ2) is 7.48. The SMILES string of the molecule is Cc1nc2ccc(C(=O)N3CC(N4CCN(C5CCCCC5)CC4)C3)cc2[nH]1.